The number of hydrogen-bond donors (Lipinski definition) is 0. The van der Waals surface area contributed by atoms with E-state index >= 15 is 0 Å². The molecule has 1 amide bonds. The van der Waals surface area contributed by atoms with Crippen molar-refractivity contribution in [2.45, 2.75) is 6.54 Å². The Morgan fingerprint density at radius 3 is 2.76 bits per heavy atom. The predicted molar refractivity (Wildman–Crippen MR) is 78.7 cm³/mol. The molecule has 1 saturated heterocycles. The molecule has 104 valence electrons. The molecule has 1 fully saturated rings. The lowest BCUT2D eigenvalue weighted by molar-refractivity contribution is 0.181. The number of pyridine rings is 1. The van der Waals surface area contributed by atoms with Crippen LogP contribution in [0.1, 0.15) is 16.7 Å². The van der Waals surface area contributed by atoms with Crippen LogP contribution in [0.3, 0.4) is 0 Å². The molecule has 0 atom stereocenters. The number of carbonyl (C=O) groups excluding carboxylic acids is 1. The van der Waals surface area contributed by atoms with Gasteiger partial charge in [0.1, 0.15) is 6.61 Å². The summed E-state index contributed by atoms with van der Waals surface area (Å²) in [7, 11) is 0. The van der Waals surface area contributed by atoms with Gasteiger partial charge in [-0.05, 0) is 29.8 Å². The highest BCUT2D eigenvalue weighted by Gasteiger charge is 2.26. The van der Waals surface area contributed by atoms with Gasteiger partial charge in [-0.1, -0.05) is 6.07 Å². The average molecular weight is 279 g/mol. The van der Waals surface area contributed by atoms with Crippen LogP contribution in [0.5, 0.6) is 0 Å². The number of fused-ring (bicyclic) bond motifs is 1. The normalized spacial score (nSPS) is 16.7. The number of aromatic nitrogens is 1. The number of carbonyl (C=O) groups is 1. The van der Waals surface area contributed by atoms with Crippen molar-refractivity contribution in [2.24, 2.45) is 4.99 Å². The Labute approximate surface area is 121 Å². The Kier molecular flexibility index (Phi) is 2.70. The van der Waals surface area contributed by atoms with Gasteiger partial charge in [0.15, 0.2) is 0 Å². The summed E-state index contributed by atoms with van der Waals surface area (Å²) < 4.78 is 5.00. The molecular formula is C16H13N3O2. The van der Waals surface area contributed by atoms with Gasteiger partial charge >= 0.3 is 6.09 Å². The van der Waals surface area contributed by atoms with Crippen molar-refractivity contribution in [3.63, 3.8) is 0 Å². The number of cyclic esters (lactones) is 1. The minimum atomic E-state index is -0.282. The van der Waals surface area contributed by atoms with Crippen molar-refractivity contribution in [1.29, 1.82) is 0 Å². The zero-order valence-electron chi connectivity index (χ0n) is 11.3. The number of nitrogens with zero attached hydrogens (tertiary/aromatic N) is 3. The topological polar surface area (TPSA) is 54.8 Å². The maximum Gasteiger partial charge on any atom is 0.414 e. The summed E-state index contributed by atoms with van der Waals surface area (Å²) in [4.78, 5) is 22.0. The summed E-state index contributed by atoms with van der Waals surface area (Å²) in [6.45, 7) is 1.72. The number of benzene rings is 1. The highest BCUT2D eigenvalue weighted by atomic mass is 16.6. The van der Waals surface area contributed by atoms with E-state index in [2.05, 4.69) is 9.98 Å². The van der Waals surface area contributed by atoms with Crippen molar-refractivity contribution in [1.82, 2.24) is 4.98 Å². The number of amides is 1. The van der Waals surface area contributed by atoms with Crippen molar-refractivity contribution in [2.75, 3.05) is 18.1 Å². The van der Waals surface area contributed by atoms with Crippen LogP contribution in [0.25, 0.3) is 0 Å². The number of aliphatic imine (C=N–C) groups is 1. The van der Waals surface area contributed by atoms with Crippen molar-refractivity contribution in [3.8, 4) is 0 Å². The van der Waals surface area contributed by atoms with E-state index in [1.165, 1.54) is 5.56 Å². The third-order valence-electron chi connectivity index (χ3n) is 3.78. The minimum Gasteiger partial charge on any atom is -0.447 e. The Balaban J connectivity index is 1.75. The number of hydrogen-bond acceptors (Lipinski definition) is 4. The molecule has 4 rings (SSSR count). The quantitative estimate of drug-likeness (QED) is 0.848. The van der Waals surface area contributed by atoms with Gasteiger partial charge in [0.05, 0.1) is 18.8 Å². The van der Waals surface area contributed by atoms with Crippen LogP contribution < -0.4 is 4.90 Å². The van der Waals surface area contributed by atoms with E-state index in [4.69, 9.17) is 4.74 Å². The summed E-state index contributed by atoms with van der Waals surface area (Å²) in [5.41, 5.74) is 5.13. The maximum absolute atomic E-state index is 11.7. The Morgan fingerprint density at radius 1 is 1.14 bits per heavy atom. The molecule has 3 heterocycles. The van der Waals surface area contributed by atoms with Crippen LogP contribution in [-0.4, -0.2) is 29.9 Å². The fraction of sp³-hybridized carbons (Fsp3) is 0.188. The van der Waals surface area contributed by atoms with Crippen molar-refractivity contribution < 1.29 is 9.53 Å². The van der Waals surface area contributed by atoms with Gasteiger partial charge in [-0.25, -0.2) is 4.79 Å². The molecule has 0 unspecified atom stereocenters. The number of anilines is 1. The van der Waals surface area contributed by atoms with E-state index in [1.807, 2.05) is 30.3 Å². The second-order valence-corrected chi connectivity index (χ2v) is 5.01. The van der Waals surface area contributed by atoms with E-state index in [-0.39, 0.29) is 6.09 Å². The predicted octanol–water partition coefficient (Wildman–Crippen LogP) is 2.39. The Morgan fingerprint density at radius 2 is 2.00 bits per heavy atom. The second kappa shape index (κ2) is 4.70. The molecule has 5 heteroatoms. The summed E-state index contributed by atoms with van der Waals surface area (Å²) in [5, 5.41) is 0. The molecule has 1 aromatic carbocycles. The van der Waals surface area contributed by atoms with Gasteiger partial charge in [-0.3, -0.25) is 14.9 Å². The second-order valence-electron chi connectivity index (χ2n) is 5.01. The largest absolute Gasteiger partial charge is 0.447 e. The SMILES string of the molecule is O=C1OCCN1c1ccc2c(c1)C(c1ccncc1)=NC2. The van der Waals surface area contributed by atoms with E-state index in [0.717, 1.165) is 22.5 Å². The Hall–Kier alpha value is -2.69. The van der Waals surface area contributed by atoms with E-state index in [1.54, 1.807) is 17.3 Å². The molecule has 21 heavy (non-hydrogen) atoms. The molecular weight excluding hydrogens is 266 g/mol. The lowest BCUT2D eigenvalue weighted by atomic mass is 10.00. The van der Waals surface area contributed by atoms with Gasteiger partial charge < -0.3 is 4.74 Å². The van der Waals surface area contributed by atoms with Crippen LogP contribution in [0, 0.1) is 0 Å². The smallest absolute Gasteiger partial charge is 0.414 e. The van der Waals surface area contributed by atoms with E-state index in [9.17, 15) is 4.79 Å². The molecule has 5 nitrogen and oxygen atoms in total. The molecule has 0 saturated carbocycles. The summed E-state index contributed by atoms with van der Waals surface area (Å²) >= 11 is 0. The minimum absolute atomic E-state index is 0.282. The van der Waals surface area contributed by atoms with Gasteiger partial charge in [-0.15, -0.1) is 0 Å². The summed E-state index contributed by atoms with van der Waals surface area (Å²) in [5.74, 6) is 0. The van der Waals surface area contributed by atoms with Gasteiger partial charge in [0.25, 0.3) is 0 Å². The highest BCUT2D eigenvalue weighted by molar-refractivity contribution is 6.15. The van der Waals surface area contributed by atoms with Crippen LogP contribution in [0.2, 0.25) is 0 Å². The summed E-state index contributed by atoms with van der Waals surface area (Å²) in [6, 6.07) is 9.91. The van der Waals surface area contributed by atoms with E-state index < -0.39 is 0 Å². The molecule has 1 aromatic heterocycles. The molecule has 0 aliphatic carbocycles. The Bertz CT molecular complexity index is 740. The zero-order chi connectivity index (χ0) is 14.2. The van der Waals surface area contributed by atoms with Gasteiger partial charge in [0, 0.05) is 29.2 Å². The fourth-order valence-electron chi connectivity index (χ4n) is 2.72. The molecule has 0 radical (unpaired) electrons. The van der Waals surface area contributed by atoms with Crippen LogP contribution in [0.15, 0.2) is 47.7 Å². The first-order valence-corrected chi connectivity index (χ1v) is 6.85. The van der Waals surface area contributed by atoms with Crippen molar-refractivity contribution in [3.05, 3.63) is 59.4 Å². The lowest BCUT2D eigenvalue weighted by Crippen LogP contribution is -2.23. The first-order valence-electron chi connectivity index (χ1n) is 6.85. The lowest BCUT2D eigenvalue weighted by Gasteiger charge is -2.14. The van der Waals surface area contributed by atoms with Crippen LogP contribution >= 0.6 is 0 Å². The fourth-order valence-corrected chi connectivity index (χ4v) is 2.72. The molecule has 2 aliphatic heterocycles. The molecule has 0 spiro atoms. The first-order chi connectivity index (χ1) is 10.3. The number of rotatable bonds is 2. The standard InChI is InChI=1S/C16H13N3O2/c20-16-19(7-8-21-16)13-2-1-12-10-18-15(14(12)9-13)11-3-5-17-6-4-11/h1-6,9H,7-8,10H2. The highest BCUT2D eigenvalue weighted by Crippen LogP contribution is 2.28. The van der Waals surface area contributed by atoms with Crippen LogP contribution in [0.4, 0.5) is 10.5 Å². The third kappa shape index (κ3) is 1.98. The molecule has 0 N–H and O–H groups in total. The third-order valence-corrected chi connectivity index (χ3v) is 3.78. The van der Waals surface area contributed by atoms with E-state index in [0.29, 0.717) is 19.7 Å². The van der Waals surface area contributed by atoms with Crippen molar-refractivity contribution >= 4 is 17.5 Å². The zero-order valence-corrected chi connectivity index (χ0v) is 11.3. The van der Waals surface area contributed by atoms with Gasteiger partial charge in [0.2, 0.25) is 0 Å². The summed E-state index contributed by atoms with van der Waals surface area (Å²) in [6.07, 6.45) is 3.24. The molecule has 0 bridgehead atoms. The maximum atomic E-state index is 11.7. The molecule has 2 aromatic rings. The monoisotopic (exact) mass is 279 g/mol. The molecule has 2 aliphatic rings. The van der Waals surface area contributed by atoms with Crippen LogP contribution in [-0.2, 0) is 11.3 Å². The average Bonchev–Trinajstić information content (AvgIpc) is 3.13. The number of ether oxygens (including phenoxy) is 1. The first kappa shape index (κ1) is 12.1. The van der Waals surface area contributed by atoms with Gasteiger partial charge in [-0.2, -0.15) is 0 Å².